The van der Waals surface area contributed by atoms with E-state index in [0.717, 1.165) is 5.56 Å². The van der Waals surface area contributed by atoms with Crippen LogP contribution in [0.25, 0.3) is 5.76 Å². The van der Waals surface area contributed by atoms with Crippen molar-refractivity contribution in [3.05, 3.63) is 93.0 Å². The molecule has 1 amide bonds. The molecule has 3 aromatic carbocycles. The van der Waals surface area contributed by atoms with Crippen LogP contribution < -0.4 is 9.64 Å². The van der Waals surface area contributed by atoms with E-state index < -0.39 is 17.7 Å². The molecule has 1 saturated heterocycles. The Labute approximate surface area is 219 Å². The van der Waals surface area contributed by atoms with Gasteiger partial charge in [-0.05, 0) is 72.5 Å². The van der Waals surface area contributed by atoms with Gasteiger partial charge in [0.05, 0.1) is 18.2 Å². The van der Waals surface area contributed by atoms with Crippen LogP contribution in [0.3, 0.4) is 0 Å². The second kappa shape index (κ2) is 10.2. The zero-order valence-electron chi connectivity index (χ0n) is 20.0. The first kappa shape index (κ1) is 25.6. The maximum atomic E-state index is 13.4. The highest BCUT2D eigenvalue weighted by molar-refractivity contribution is 6.52. The summed E-state index contributed by atoms with van der Waals surface area (Å²) in [4.78, 5) is 27.9. The van der Waals surface area contributed by atoms with E-state index in [0.29, 0.717) is 23.5 Å². The van der Waals surface area contributed by atoms with Crippen molar-refractivity contribution < 1.29 is 24.5 Å². The van der Waals surface area contributed by atoms with Crippen LogP contribution in [-0.2, 0) is 9.59 Å². The lowest BCUT2D eigenvalue weighted by Gasteiger charge is -2.26. The normalized spacial score (nSPS) is 17.2. The number of benzene rings is 3. The third-order valence-electron chi connectivity index (χ3n) is 5.96. The number of aliphatic hydroxyl groups excluding tert-OH is 1. The summed E-state index contributed by atoms with van der Waals surface area (Å²) in [5.41, 5.74) is 1.83. The number of hydrogen-bond donors (Lipinski definition) is 2. The van der Waals surface area contributed by atoms with Crippen molar-refractivity contribution in [2.45, 2.75) is 32.7 Å². The van der Waals surface area contributed by atoms with E-state index in [9.17, 15) is 19.8 Å². The van der Waals surface area contributed by atoms with Gasteiger partial charge in [-0.25, -0.2) is 0 Å². The predicted octanol–water partition coefficient (Wildman–Crippen LogP) is 6.85. The summed E-state index contributed by atoms with van der Waals surface area (Å²) in [6.45, 7) is 6.36. The number of halogens is 2. The number of Topliss-reactive ketones (excluding diaryl/α,β-unsaturated/α-hetero) is 1. The number of aliphatic hydroxyl groups is 1. The fraction of sp³-hybridized carbons (Fsp3) is 0.214. The van der Waals surface area contributed by atoms with Crippen LogP contribution in [0, 0.1) is 0 Å². The standard InChI is InChI=1S/C28H25Cl2NO5/c1-4-36-23-9-8-17(11-22(23)15(2)3)26(33)24-25(16-6-5-7-21(32)10-16)31(28(35)27(24)34)20-13-18(29)12-19(30)14-20/h5-15,25,32-33H,4H2,1-3H3/b26-24-. The SMILES string of the molecule is CCOc1ccc(/C(O)=C2/C(=O)C(=O)N(c3cc(Cl)cc(Cl)c3)C2c2cccc(O)c2)cc1C(C)C. The third kappa shape index (κ3) is 4.79. The average Bonchev–Trinajstić information content (AvgIpc) is 3.09. The molecule has 0 aliphatic carbocycles. The van der Waals surface area contributed by atoms with Gasteiger partial charge in [0, 0.05) is 21.3 Å². The number of carbonyl (C=O) groups is 2. The van der Waals surface area contributed by atoms with Gasteiger partial charge < -0.3 is 14.9 Å². The van der Waals surface area contributed by atoms with Gasteiger partial charge in [-0.15, -0.1) is 0 Å². The maximum Gasteiger partial charge on any atom is 0.300 e. The van der Waals surface area contributed by atoms with Crippen molar-refractivity contribution in [1.82, 2.24) is 0 Å². The number of carbonyl (C=O) groups excluding carboxylic acids is 2. The molecule has 3 aromatic rings. The monoisotopic (exact) mass is 525 g/mol. The van der Waals surface area contributed by atoms with Crippen LogP contribution in [-0.4, -0.2) is 28.5 Å². The molecule has 1 unspecified atom stereocenters. The predicted molar refractivity (Wildman–Crippen MR) is 141 cm³/mol. The molecule has 0 aromatic heterocycles. The highest BCUT2D eigenvalue weighted by Gasteiger charge is 2.47. The molecule has 1 fully saturated rings. The molecule has 0 radical (unpaired) electrons. The highest BCUT2D eigenvalue weighted by Crippen LogP contribution is 2.44. The molecule has 6 nitrogen and oxygen atoms in total. The molecule has 8 heteroatoms. The first-order valence-electron chi connectivity index (χ1n) is 11.5. The van der Waals surface area contributed by atoms with E-state index in [1.54, 1.807) is 30.3 Å². The number of rotatable bonds is 6. The van der Waals surface area contributed by atoms with Crippen molar-refractivity contribution in [2.24, 2.45) is 0 Å². The summed E-state index contributed by atoms with van der Waals surface area (Å²) in [5, 5.41) is 22.1. The van der Waals surface area contributed by atoms with Crippen LogP contribution in [0.1, 0.15) is 49.4 Å². The molecule has 0 bridgehead atoms. The lowest BCUT2D eigenvalue weighted by molar-refractivity contribution is -0.132. The maximum absolute atomic E-state index is 13.4. The molecule has 1 atom stereocenters. The largest absolute Gasteiger partial charge is 0.508 e. The first-order valence-corrected chi connectivity index (χ1v) is 12.2. The van der Waals surface area contributed by atoms with Gasteiger partial charge in [-0.3, -0.25) is 14.5 Å². The minimum Gasteiger partial charge on any atom is -0.508 e. The van der Waals surface area contributed by atoms with Gasteiger partial charge in [0.25, 0.3) is 11.7 Å². The molecular formula is C28H25Cl2NO5. The molecular weight excluding hydrogens is 501 g/mol. The molecule has 186 valence electrons. The molecule has 0 spiro atoms. The second-order valence-electron chi connectivity index (χ2n) is 8.73. The number of aromatic hydroxyl groups is 1. The minimum atomic E-state index is -1.03. The second-order valence-corrected chi connectivity index (χ2v) is 9.60. The number of phenols is 1. The van der Waals surface area contributed by atoms with Crippen LogP contribution in [0.15, 0.2) is 66.2 Å². The van der Waals surface area contributed by atoms with Gasteiger partial charge in [0.1, 0.15) is 17.3 Å². The third-order valence-corrected chi connectivity index (χ3v) is 6.40. The van der Waals surface area contributed by atoms with Gasteiger partial charge >= 0.3 is 0 Å². The molecule has 4 rings (SSSR count). The fourth-order valence-electron chi connectivity index (χ4n) is 4.38. The van der Waals surface area contributed by atoms with E-state index in [4.69, 9.17) is 27.9 Å². The van der Waals surface area contributed by atoms with Crippen LogP contribution in [0.4, 0.5) is 5.69 Å². The minimum absolute atomic E-state index is 0.0506. The average molecular weight is 526 g/mol. The summed E-state index contributed by atoms with van der Waals surface area (Å²) in [7, 11) is 0. The molecule has 1 aliphatic rings. The number of amides is 1. The summed E-state index contributed by atoms with van der Waals surface area (Å²) < 4.78 is 5.72. The summed E-state index contributed by atoms with van der Waals surface area (Å²) in [6.07, 6.45) is 0. The Hall–Kier alpha value is -3.48. The Morgan fingerprint density at radius 3 is 2.33 bits per heavy atom. The van der Waals surface area contributed by atoms with Crippen molar-refractivity contribution in [3.8, 4) is 11.5 Å². The zero-order chi connectivity index (χ0) is 26.1. The number of anilines is 1. The topological polar surface area (TPSA) is 87.1 Å². The zero-order valence-corrected chi connectivity index (χ0v) is 21.5. The Morgan fingerprint density at radius 1 is 1.03 bits per heavy atom. The van der Waals surface area contributed by atoms with Crippen molar-refractivity contribution in [1.29, 1.82) is 0 Å². The van der Waals surface area contributed by atoms with Crippen LogP contribution >= 0.6 is 23.2 Å². The molecule has 1 heterocycles. The number of ketones is 1. The van der Waals surface area contributed by atoms with Crippen molar-refractivity contribution in [2.75, 3.05) is 11.5 Å². The smallest absolute Gasteiger partial charge is 0.300 e. The molecule has 1 aliphatic heterocycles. The van der Waals surface area contributed by atoms with Crippen molar-refractivity contribution in [3.63, 3.8) is 0 Å². The van der Waals surface area contributed by atoms with Gasteiger partial charge in [-0.1, -0.05) is 49.2 Å². The fourth-order valence-corrected chi connectivity index (χ4v) is 4.89. The van der Waals surface area contributed by atoms with Crippen LogP contribution in [0.2, 0.25) is 10.0 Å². The highest BCUT2D eigenvalue weighted by atomic mass is 35.5. The van der Waals surface area contributed by atoms with E-state index in [1.165, 1.54) is 35.2 Å². The van der Waals surface area contributed by atoms with Gasteiger partial charge in [0.2, 0.25) is 0 Å². The quantitative estimate of drug-likeness (QED) is 0.209. The molecule has 0 saturated carbocycles. The van der Waals surface area contributed by atoms with E-state index in [1.807, 2.05) is 20.8 Å². The summed E-state index contributed by atoms with van der Waals surface area (Å²) >= 11 is 12.4. The Morgan fingerprint density at radius 2 is 1.72 bits per heavy atom. The van der Waals surface area contributed by atoms with E-state index in [-0.39, 0.29) is 38.7 Å². The molecule has 36 heavy (non-hydrogen) atoms. The van der Waals surface area contributed by atoms with Gasteiger partial charge in [0.15, 0.2) is 0 Å². The Balaban J connectivity index is 1.96. The first-order chi connectivity index (χ1) is 17.1. The van der Waals surface area contributed by atoms with Gasteiger partial charge in [-0.2, -0.15) is 0 Å². The number of nitrogens with zero attached hydrogens (tertiary/aromatic N) is 1. The number of phenolic OH excluding ortho intramolecular Hbond substituents is 1. The van der Waals surface area contributed by atoms with Crippen molar-refractivity contribution >= 4 is 46.3 Å². The lowest BCUT2D eigenvalue weighted by atomic mass is 9.93. The Kier molecular flexibility index (Phi) is 7.29. The van der Waals surface area contributed by atoms with E-state index in [2.05, 4.69) is 0 Å². The number of ether oxygens (including phenoxy) is 1. The van der Waals surface area contributed by atoms with Crippen LogP contribution in [0.5, 0.6) is 11.5 Å². The summed E-state index contributed by atoms with van der Waals surface area (Å²) in [6, 6.07) is 14.9. The Bertz CT molecular complexity index is 1360. The molecule has 2 N–H and O–H groups in total. The summed E-state index contributed by atoms with van der Waals surface area (Å²) in [5.74, 6) is -1.33. The lowest BCUT2D eigenvalue weighted by Crippen LogP contribution is -2.29. The number of hydrogen-bond acceptors (Lipinski definition) is 5. The van der Waals surface area contributed by atoms with E-state index >= 15 is 0 Å².